The molecule has 2 aromatic rings. The van der Waals surface area contributed by atoms with Crippen LogP contribution in [0.5, 0.6) is 11.5 Å². The molecule has 3 N–H and O–H groups in total. The lowest BCUT2D eigenvalue weighted by Gasteiger charge is -2.17. The van der Waals surface area contributed by atoms with Crippen LogP contribution in [0.1, 0.15) is 12.2 Å². The van der Waals surface area contributed by atoms with Crippen molar-refractivity contribution >= 4 is 17.6 Å². The fraction of sp³-hybridized carbons (Fsp3) is 0.294. The Morgan fingerprint density at radius 2 is 2.08 bits per heavy atom. The van der Waals surface area contributed by atoms with Crippen LogP contribution in [-0.4, -0.2) is 32.1 Å². The molecule has 0 bridgehead atoms. The number of nitrogens with one attached hydrogen (secondary N) is 1. The number of methoxy groups -OCH3 is 2. The van der Waals surface area contributed by atoms with Gasteiger partial charge in [-0.1, -0.05) is 0 Å². The largest absolute Gasteiger partial charge is 0.550 e. The molecule has 0 saturated heterocycles. The first-order valence-corrected chi connectivity index (χ1v) is 7.62. The highest BCUT2D eigenvalue weighted by Gasteiger charge is 2.24. The molecular weight excluding hydrogens is 328 g/mol. The number of hydrogen-bond donors (Lipinski definition) is 2. The summed E-state index contributed by atoms with van der Waals surface area (Å²) in [4.78, 5) is 23.5. The summed E-state index contributed by atoms with van der Waals surface area (Å²) >= 11 is 0. The van der Waals surface area contributed by atoms with Gasteiger partial charge in [-0.15, -0.1) is 0 Å². The average molecular weight is 348 g/mol. The second-order valence-electron chi connectivity index (χ2n) is 5.26. The predicted octanol–water partition coefficient (Wildman–Crippen LogP) is -0.492. The van der Waals surface area contributed by atoms with Gasteiger partial charge in [0, 0.05) is 18.5 Å². The Morgan fingerprint density at radius 1 is 1.28 bits per heavy atom. The summed E-state index contributed by atoms with van der Waals surface area (Å²) in [7, 11) is 2.97. The smallest absolute Gasteiger partial charge is 0.283 e. The van der Waals surface area contributed by atoms with Crippen LogP contribution in [0.3, 0.4) is 0 Å². The van der Waals surface area contributed by atoms with E-state index in [1.54, 1.807) is 35.6 Å². The summed E-state index contributed by atoms with van der Waals surface area (Å²) in [5.41, 5.74) is 0.390. The average Bonchev–Trinajstić information content (AvgIpc) is 3.11. The Morgan fingerprint density at radius 3 is 2.68 bits per heavy atom. The second kappa shape index (κ2) is 8.74. The topological polar surface area (TPSA) is 117 Å². The first kappa shape index (κ1) is 18.3. The van der Waals surface area contributed by atoms with Crippen molar-refractivity contribution in [3.8, 4) is 11.5 Å². The fourth-order valence-corrected chi connectivity index (χ4v) is 2.29. The second-order valence-corrected chi connectivity index (χ2v) is 5.26. The molecule has 0 aliphatic heterocycles. The molecule has 25 heavy (non-hydrogen) atoms. The van der Waals surface area contributed by atoms with Gasteiger partial charge in [0.05, 0.1) is 26.2 Å². The molecule has 8 heteroatoms. The maximum Gasteiger partial charge on any atom is 0.283 e. The number of carbonyl (C=O) groups excluding carboxylic acids is 2. The molecule has 0 aliphatic carbocycles. The summed E-state index contributed by atoms with van der Waals surface area (Å²) in [5.74, 6) is -0.189. The molecule has 1 atom stereocenters. The van der Waals surface area contributed by atoms with Crippen molar-refractivity contribution in [2.45, 2.75) is 19.0 Å². The number of rotatable bonds is 9. The van der Waals surface area contributed by atoms with E-state index in [0.29, 0.717) is 29.5 Å². The quantitative estimate of drug-likeness (QED) is 0.631. The van der Waals surface area contributed by atoms with Gasteiger partial charge < -0.3 is 34.4 Å². The van der Waals surface area contributed by atoms with Gasteiger partial charge >= 0.3 is 0 Å². The van der Waals surface area contributed by atoms with Crippen LogP contribution < -0.4 is 25.2 Å². The standard InChI is InChI=1S/C17H20N2O6/c1-23-11-5-6-15(24-2)13(8-11)19-17(22)14(9-16(20)21)18-10-12-4-3-7-25-12/h3-8,14,18H,9-10H2,1-2H3,(H,19,22)(H,20,21)/t14-/m1/s1. The maximum absolute atomic E-state index is 12.5. The number of carboxylic acids is 1. The molecule has 1 aromatic heterocycles. The van der Waals surface area contributed by atoms with Gasteiger partial charge in [0.25, 0.3) is 5.91 Å². The van der Waals surface area contributed by atoms with Crippen LogP contribution in [0.15, 0.2) is 41.0 Å². The van der Waals surface area contributed by atoms with Crippen molar-refractivity contribution in [1.82, 2.24) is 0 Å². The molecule has 1 heterocycles. The van der Waals surface area contributed by atoms with Gasteiger partial charge in [0.15, 0.2) is 11.8 Å². The number of anilines is 1. The number of benzene rings is 1. The van der Waals surface area contributed by atoms with Crippen molar-refractivity contribution in [3.05, 3.63) is 42.4 Å². The Kier molecular flexibility index (Phi) is 6.41. The molecule has 134 valence electrons. The number of amides is 1. The van der Waals surface area contributed by atoms with Crippen LogP contribution in [0.25, 0.3) is 0 Å². The molecule has 0 spiro atoms. The number of aliphatic carboxylic acids is 1. The molecule has 1 aromatic carbocycles. The molecule has 0 aliphatic rings. The van der Waals surface area contributed by atoms with E-state index >= 15 is 0 Å². The normalized spacial score (nSPS) is 11.6. The molecule has 0 fully saturated rings. The van der Waals surface area contributed by atoms with E-state index in [1.165, 1.54) is 20.5 Å². The van der Waals surface area contributed by atoms with Crippen LogP contribution in [0.4, 0.5) is 5.69 Å². The SMILES string of the molecule is COc1ccc(OC)c(NC(=O)[C@@H](CC(=O)[O-])[NH2+]Cc2ccco2)c1. The van der Waals surface area contributed by atoms with E-state index in [4.69, 9.17) is 13.9 Å². The summed E-state index contributed by atoms with van der Waals surface area (Å²) < 4.78 is 15.5. The zero-order valence-electron chi connectivity index (χ0n) is 14.0. The summed E-state index contributed by atoms with van der Waals surface area (Å²) in [5, 5.41) is 15.2. The lowest BCUT2D eigenvalue weighted by molar-refractivity contribution is -0.693. The number of hydrogen-bond acceptors (Lipinski definition) is 6. The molecule has 0 radical (unpaired) electrons. The van der Waals surface area contributed by atoms with Crippen molar-refractivity contribution in [3.63, 3.8) is 0 Å². The van der Waals surface area contributed by atoms with Crippen LogP contribution in [0.2, 0.25) is 0 Å². The van der Waals surface area contributed by atoms with E-state index in [0.717, 1.165) is 0 Å². The third-order valence-electron chi connectivity index (χ3n) is 3.57. The Balaban J connectivity index is 2.11. The van der Waals surface area contributed by atoms with Gasteiger partial charge in [-0.2, -0.15) is 0 Å². The third kappa shape index (κ3) is 5.25. The highest BCUT2D eigenvalue weighted by Crippen LogP contribution is 2.28. The molecule has 2 rings (SSSR count). The Hall–Kier alpha value is -3.00. The van der Waals surface area contributed by atoms with Crippen molar-refractivity contribution in [1.29, 1.82) is 0 Å². The van der Waals surface area contributed by atoms with Crippen molar-refractivity contribution < 1.29 is 33.9 Å². The van der Waals surface area contributed by atoms with Crippen molar-refractivity contribution in [2.75, 3.05) is 19.5 Å². The number of furan rings is 1. The first-order chi connectivity index (χ1) is 12.0. The molecule has 8 nitrogen and oxygen atoms in total. The molecule has 0 saturated carbocycles. The third-order valence-corrected chi connectivity index (χ3v) is 3.57. The van der Waals surface area contributed by atoms with Gasteiger partial charge in [-0.25, -0.2) is 0 Å². The summed E-state index contributed by atoms with van der Waals surface area (Å²) in [6, 6.07) is 7.52. The van der Waals surface area contributed by atoms with E-state index in [9.17, 15) is 14.7 Å². The summed E-state index contributed by atoms with van der Waals surface area (Å²) in [6.07, 6.45) is 1.08. The van der Waals surface area contributed by atoms with Gasteiger partial charge in [0.1, 0.15) is 18.0 Å². The van der Waals surface area contributed by atoms with E-state index in [2.05, 4.69) is 5.32 Å². The number of quaternary nitrogens is 1. The monoisotopic (exact) mass is 348 g/mol. The predicted molar refractivity (Wildman–Crippen MR) is 85.9 cm³/mol. The lowest BCUT2D eigenvalue weighted by Crippen LogP contribution is -2.91. The first-order valence-electron chi connectivity index (χ1n) is 7.62. The number of carboxylic acid groups (broad SMARTS) is 1. The Bertz CT molecular complexity index is 714. The highest BCUT2D eigenvalue weighted by molar-refractivity contribution is 5.96. The lowest BCUT2D eigenvalue weighted by atomic mass is 10.1. The summed E-state index contributed by atoms with van der Waals surface area (Å²) in [6.45, 7) is 0.327. The highest BCUT2D eigenvalue weighted by atomic mass is 16.5. The molecular formula is C17H20N2O6. The Labute approximate surface area is 144 Å². The van der Waals surface area contributed by atoms with Gasteiger partial charge in [-0.05, 0) is 24.3 Å². The van der Waals surface area contributed by atoms with Crippen LogP contribution in [-0.2, 0) is 16.1 Å². The van der Waals surface area contributed by atoms with E-state index in [-0.39, 0.29) is 0 Å². The van der Waals surface area contributed by atoms with E-state index in [1.807, 2.05) is 0 Å². The van der Waals surface area contributed by atoms with Gasteiger partial charge in [-0.3, -0.25) is 4.79 Å². The molecule has 0 unspecified atom stereocenters. The number of ether oxygens (including phenoxy) is 2. The van der Waals surface area contributed by atoms with E-state index < -0.39 is 24.3 Å². The zero-order chi connectivity index (χ0) is 18.2. The number of nitrogens with two attached hydrogens (primary N) is 1. The zero-order valence-corrected chi connectivity index (χ0v) is 14.0. The minimum Gasteiger partial charge on any atom is -0.550 e. The van der Waals surface area contributed by atoms with Gasteiger partial charge in [0.2, 0.25) is 0 Å². The number of carbonyl (C=O) groups is 2. The van der Waals surface area contributed by atoms with Crippen molar-refractivity contribution in [2.24, 2.45) is 0 Å². The maximum atomic E-state index is 12.5. The van der Waals surface area contributed by atoms with Crippen LogP contribution in [0, 0.1) is 0 Å². The minimum absolute atomic E-state index is 0.327. The minimum atomic E-state index is -1.31. The molecule has 1 amide bonds. The fourth-order valence-electron chi connectivity index (χ4n) is 2.29. The van der Waals surface area contributed by atoms with Crippen LogP contribution >= 0.6 is 0 Å².